The number of nitrogens with one attached hydrogen (secondary N) is 1. The largest absolute Gasteiger partial charge is 0.396 e. The highest BCUT2D eigenvalue weighted by Gasteiger charge is 2.58. The first-order valence-corrected chi connectivity index (χ1v) is 13.2. The third-order valence-corrected chi connectivity index (χ3v) is 8.60. The predicted octanol–water partition coefficient (Wildman–Crippen LogP) is 2.84. The maximum absolute atomic E-state index is 13.6. The number of carbonyl (C=O) groups is 2. The fraction of sp³-hybridized carbons (Fsp3) is 0.483. The van der Waals surface area contributed by atoms with Gasteiger partial charge in [0.1, 0.15) is 0 Å². The summed E-state index contributed by atoms with van der Waals surface area (Å²) < 4.78 is 1.74. The van der Waals surface area contributed by atoms with E-state index in [-0.39, 0.29) is 35.9 Å². The molecule has 4 atom stereocenters. The lowest BCUT2D eigenvalue weighted by atomic mass is 9.83. The molecule has 3 fully saturated rings. The van der Waals surface area contributed by atoms with Crippen molar-refractivity contribution in [2.45, 2.75) is 50.7 Å². The lowest BCUT2D eigenvalue weighted by molar-refractivity contribution is -0.143. The lowest BCUT2D eigenvalue weighted by Crippen LogP contribution is -2.51. The van der Waals surface area contributed by atoms with Gasteiger partial charge in [-0.05, 0) is 55.4 Å². The number of aliphatic hydroxyl groups is 1. The highest BCUT2D eigenvalue weighted by molar-refractivity contribution is 5.86. The predicted molar refractivity (Wildman–Crippen MR) is 137 cm³/mol. The number of amides is 2. The molecule has 3 heterocycles. The number of hydrogen-bond donors (Lipinski definition) is 2. The zero-order chi connectivity index (χ0) is 24.8. The van der Waals surface area contributed by atoms with E-state index in [9.17, 15) is 19.5 Å². The first kappa shape index (κ1) is 23.2. The van der Waals surface area contributed by atoms with Gasteiger partial charge in [0, 0.05) is 42.8 Å². The zero-order valence-electron chi connectivity index (χ0n) is 20.4. The molecule has 2 aliphatic carbocycles. The summed E-state index contributed by atoms with van der Waals surface area (Å²) in [5, 5.41) is 13.5. The van der Waals surface area contributed by atoms with Gasteiger partial charge in [-0.15, -0.1) is 0 Å². The van der Waals surface area contributed by atoms with Crippen LogP contribution in [0.15, 0.2) is 47.3 Å². The number of fused-ring (bicyclic) bond motifs is 4. The summed E-state index contributed by atoms with van der Waals surface area (Å²) in [5.74, 6) is -0.506. The van der Waals surface area contributed by atoms with Crippen molar-refractivity contribution in [3.8, 4) is 0 Å². The summed E-state index contributed by atoms with van der Waals surface area (Å²) in [6, 6.07) is 12.6. The molecule has 2 aliphatic heterocycles. The number of hydrogen-bond acceptors (Lipinski definition) is 4. The molecule has 2 saturated carbocycles. The second-order valence-electron chi connectivity index (χ2n) is 10.8. The van der Waals surface area contributed by atoms with Gasteiger partial charge in [-0.2, -0.15) is 0 Å². The van der Waals surface area contributed by atoms with E-state index in [1.807, 2.05) is 53.5 Å². The Morgan fingerprint density at radius 3 is 2.47 bits per heavy atom. The minimum absolute atomic E-state index is 0.0195. The van der Waals surface area contributed by atoms with Crippen LogP contribution >= 0.6 is 0 Å². The quantitative estimate of drug-likeness (QED) is 0.628. The van der Waals surface area contributed by atoms with Crippen molar-refractivity contribution >= 4 is 24.0 Å². The molecule has 7 heteroatoms. The average molecular weight is 488 g/mol. The fourth-order valence-corrected chi connectivity index (χ4v) is 6.15. The highest BCUT2D eigenvalue weighted by Crippen LogP contribution is 2.50. The number of aliphatic hydroxyl groups excluding tert-OH is 1. The lowest BCUT2D eigenvalue weighted by Gasteiger charge is -2.41. The van der Waals surface area contributed by atoms with Crippen LogP contribution in [0.3, 0.4) is 0 Å². The molecule has 2 amide bonds. The van der Waals surface area contributed by atoms with Gasteiger partial charge in [0.2, 0.25) is 11.8 Å². The van der Waals surface area contributed by atoms with Gasteiger partial charge in [-0.3, -0.25) is 14.4 Å². The van der Waals surface area contributed by atoms with Crippen molar-refractivity contribution in [1.82, 2.24) is 14.8 Å². The van der Waals surface area contributed by atoms with Crippen molar-refractivity contribution in [3.63, 3.8) is 0 Å². The Hall–Kier alpha value is -3.19. The molecule has 2 N–H and O–H groups in total. The summed E-state index contributed by atoms with van der Waals surface area (Å²) in [7, 11) is 0. The van der Waals surface area contributed by atoms with E-state index in [0.717, 1.165) is 37.7 Å². The normalized spacial score (nSPS) is 27.1. The third-order valence-electron chi connectivity index (χ3n) is 8.60. The van der Waals surface area contributed by atoms with Gasteiger partial charge in [0.05, 0.1) is 18.0 Å². The van der Waals surface area contributed by atoms with Crippen molar-refractivity contribution < 1.29 is 14.7 Å². The van der Waals surface area contributed by atoms with Crippen molar-refractivity contribution in [3.05, 3.63) is 69.6 Å². The van der Waals surface area contributed by atoms with Gasteiger partial charge >= 0.3 is 0 Å². The average Bonchev–Trinajstić information content (AvgIpc) is 3.65. The van der Waals surface area contributed by atoms with Crippen molar-refractivity contribution in [2.24, 2.45) is 23.7 Å². The van der Waals surface area contributed by atoms with Crippen LogP contribution in [0.4, 0.5) is 0 Å². The highest BCUT2D eigenvalue weighted by atomic mass is 16.3. The Morgan fingerprint density at radius 2 is 1.81 bits per heavy atom. The molecule has 4 aliphatic rings. The maximum atomic E-state index is 13.6. The molecule has 0 unspecified atom stereocenters. The van der Waals surface area contributed by atoms with Gasteiger partial charge in [0.15, 0.2) is 0 Å². The van der Waals surface area contributed by atoms with E-state index in [4.69, 9.17) is 0 Å². The number of aromatic nitrogens is 1. The van der Waals surface area contributed by atoms with Gasteiger partial charge in [-0.25, -0.2) is 0 Å². The van der Waals surface area contributed by atoms with E-state index in [0.29, 0.717) is 30.3 Å². The minimum Gasteiger partial charge on any atom is -0.396 e. The molecule has 1 aromatic carbocycles. The summed E-state index contributed by atoms with van der Waals surface area (Å²) >= 11 is 0. The van der Waals surface area contributed by atoms with Gasteiger partial charge in [-0.1, -0.05) is 42.8 Å². The summed E-state index contributed by atoms with van der Waals surface area (Å²) in [4.78, 5) is 42.5. The van der Waals surface area contributed by atoms with Gasteiger partial charge < -0.3 is 19.9 Å². The topological polar surface area (TPSA) is 91.6 Å². The van der Waals surface area contributed by atoms with E-state index in [1.54, 1.807) is 10.6 Å². The standard InChI is InChI=1S/C29H33N3O4/c33-17-22-24-16-31-23(14-13-21(28(31)35)12-11-18-5-2-1-3-6-18)26(32(24)29(36)20-7-4-8-20)25(22)27(34)30-15-19-9-10-19/h1-3,5-6,11-14,19-20,22,24-26,33H,4,7-10,15-17H2,(H,30,34)/t22-,24-,25+,26+/m0/s1. The third kappa shape index (κ3) is 3.99. The molecule has 188 valence electrons. The van der Waals surface area contributed by atoms with Crippen LogP contribution in [0.2, 0.25) is 0 Å². The van der Waals surface area contributed by atoms with Crippen LogP contribution in [-0.4, -0.2) is 45.6 Å². The summed E-state index contributed by atoms with van der Waals surface area (Å²) in [5.41, 5.74) is 2.14. The fourth-order valence-electron chi connectivity index (χ4n) is 6.15. The zero-order valence-corrected chi connectivity index (χ0v) is 20.4. The molecule has 1 saturated heterocycles. The molecule has 6 rings (SSSR count). The molecule has 2 bridgehead atoms. The SMILES string of the molecule is O=C(NCC1CC1)[C@@H]1[C@@H](CO)[C@@H]2Cn3c(ccc(C=Cc4ccccc4)c3=O)[C@H]1N2C(=O)C1CCC1. The Bertz CT molecular complexity index is 1240. The van der Waals surface area contributed by atoms with E-state index < -0.39 is 17.9 Å². The maximum Gasteiger partial charge on any atom is 0.258 e. The first-order valence-electron chi connectivity index (χ1n) is 13.2. The van der Waals surface area contributed by atoms with Crippen LogP contribution in [0.1, 0.15) is 55.0 Å². The van der Waals surface area contributed by atoms with Crippen LogP contribution in [0, 0.1) is 23.7 Å². The van der Waals surface area contributed by atoms with Crippen LogP contribution in [0.5, 0.6) is 0 Å². The Kier molecular flexibility index (Phi) is 6.04. The van der Waals surface area contributed by atoms with Gasteiger partial charge in [0.25, 0.3) is 5.56 Å². The number of nitrogens with zero attached hydrogens (tertiary/aromatic N) is 2. The van der Waals surface area contributed by atoms with Crippen molar-refractivity contribution in [2.75, 3.05) is 13.2 Å². The van der Waals surface area contributed by atoms with Crippen LogP contribution < -0.4 is 10.9 Å². The Labute approximate surface area is 210 Å². The Morgan fingerprint density at radius 1 is 1.03 bits per heavy atom. The smallest absolute Gasteiger partial charge is 0.258 e. The molecule has 0 radical (unpaired) electrons. The number of rotatable bonds is 7. The van der Waals surface area contributed by atoms with Crippen molar-refractivity contribution in [1.29, 1.82) is 0 Å². The molecule has 2 aromatic rings. The summed E-state index contributed by atoms with van der Waals surface area (Å²) in [6.07, 6.45) is 8.77. The molecule has 0 spiro atoms. The Balaban J connectivity index is 1.38. The number of benzene rings is 1. The second kappa shape index (κ2) is 9.36. The monoisotopic (exact) mass is 487 g/mol. The van der Waals surface area contributed by atoms with E-state index in [2.05, 4.69) is 5.32 Å². The van der Waals surface area contributed by atoms with E-state index in [1.165, 1.54) is 0 Å². The second-order valence-corrected chi connectivity index (χ2v) is 10.8. The molecular formula is C29H33N3O4. The number of pyridine rings is 1. The minimum atomic E-state index is -0.568. The molecule has 7 nitrogen and oxygen atoms in total. The molecular weight excluding hydrogens is 454 g/mol. The molecule has 1 aromatic heterocycles. The number of carbonyl (C=O) groups excluding carboxylic acids is 2. The van der Waals surface area contributed by atoms with Crippen LogP contribution in [-0.2, 0) is 16.1 Å². The first-order chi connectivity index (χ1) is 17.6. The summed E-state index contributed by atoms with van der Waals surface area (Å²) in [6.45, 7) is 0.742. The van der Waals surface area contributed by atoms with E-state index >= 15 is 0 Å². The molecule has 36 heavy (non-hydrogen) atoms. The van der Waals surface area contributed by atoms with Crippen LogP contribution in [0.25, 0.3) is 12.2 Å².